The number of nitrogens with zero attached hydrogens (tertiary/aromatic N) is 1. The van der Waals surface area contributed by atoms with Gasteiger partial charge in [0.05, 0.1) is 13.2 Å². The molecule has 0 atom stereocenters. The highest BCUT2D eigenvalue weighted by Crippen LogP contribution is 2.50. The zero-order chi connectivity index (χ0) is 17.6. The van der Waals surface area contributed by atoms with E-state index in [1.165, 1.54) is 7.11 Å². The molecule has 0 aliphatic carbocycles. The van der Waals surface area contributed by atoms with E-state index in [0.717, 1.165) is 38.5 Å². The minimum Gasteiger partial charge on any atom is -0.398 e. The van der Waals surface area contributed by atoms with E-state index in [2.05, 4.69) is 15.3 Å². The largest absolute Gasteiger partial charge is 0.398 e. The van der Waals surface area contributed by atoms with E-state index in [4.69, 9.17) is 9.05 Å². The molecule has 7 nitrogen and oxygen atoms in total. The minimum absolute atomic E-state index is 0.241. The maximum absolute atomic E-state index is 13.0. The van der Waals surface area contributed by atoms with Crippen LogP contribution in [0.2, 0.25) is 0 Å². The lowest BCUT2D eigenvalue weighted by Crippen LogP contribution is -2.33. The molecule has 136 valence electrons. The number of hydrogen-bond acceptors (Lipinski definition) is 6. The molecule has 0 aromatic rings. The summed E-state index contributed by atoms with van der Waals surface area (Å²) in [6, 6.07) is 0. The number of carbonyl (C=O) groups excluding carboxylic acids is 1. The topological polar surface area (TPSA) is 86.2 Å². The van der Waals surface area contributed by atoms with E-state index < -0.39 is 13.5 Å². The van der Waals surface area contributed by atoms with Crippen LogP contribution in [-0.4, -0.2) is 38.2 Å². The second-order valence-electron chi connectivity index (χ2n) is 5.08. The standard InChI is InChI=1S/C15H31N2O5P/c1-5-8-11-16-14(18)15(17-20-4)23(19,21-12-9-6-2)22-13-10-7-3/h5-13H2,1-4H3,(H,16,18). The zero-order valence-corrected chi connectivity index (χ0v) is 15.7. The van der Waals surface area contributed by atoms with Crippen molar-refractivity contribution in [1.29, 1.82) is 0 Å². The third kappa shape index (κ3) is 9.08. The van der Waals surface area contributed by atoms with Crippen molar-refractivity contribution >= 4 is 19.0 Å². The summed E-state index contributed by atoms with van der Waals surface area (Å²) in [6.45, 7) is 6.96. The summed E-state index contributed by atoms with van der Waals surface area (Å²) in [5.74, 6) is -0.573. The van der Waals surface area contributed by atoms with Crippen LogP contribution in [-0.2, 0) is 23.2 Å². The summed E-state index contributed by atoms with van der Waals surface area (Å²) in [4.78, 5) is 17.0. The van der Waals surface area contributed by atoms with Crippen LogP contribution in [0.1, 0.15) is 59.3 Å². The van der Waals surface area contributed by atoms with Crippen LogP contribution in [0.15, 0.2) is 5.16 Å². The van der Waals surface area contributed by atoms with Crippen molar-refractivity contribution in [2.24, 2.45) is 5.16 Å². The fourth-order valence-electron chi connectivity index (χ4n) is 1.58. The van der Waals surface area contributed by atoms with Crippen LogP contribution in [0, 0.1) is 0 Å². The molecule has 1 amide bonds. The Morgan fingerprint density at radius 1 is 1.00 bits per heavy atom. The first kappa shape index (κ1) is 22.1. The molecule has 0 spiro atoms. The molecule has 0 aromatic heterocycles. The molecule has 0 radical (unpaired) electrons. The van der Waals surface area contributed by atoms with Crippen LogP contribution in [0.3, 0.4) is 0 Å². The van der Waals surface area contributed by atoms with E-state index >= 15 is 0 Å². The van der Waals surface area contributed by atoms with Gasteiger partial charge in [-0.2, -0.15) is 0 Å². The van der Waals surface area contributed by atoms with E-state index in [-0.39, 0.29) is 18.7 Å². The van der Waals surface area contributed by atoms with Gasteiger partial charge in [-0.25, -0.2) is 0 Å². The molecule has 0 saturated carbocycles. The average molecular weight is 350 g/mol. The number of hydrogen-bond donors (Lipinski definition) is 1. The van der Waals surface area contributed by atoms with Crippen molar-refractivity contribution in [3.8, 4) is 0 Å². The van der Waals surface area contributed by atoms with Gasteiger partial charge in [0.2, 0.25) is 0 Å². The SMILES string of the molecule is CCCCNC(=O)C(=NOC)P(=O)(OCCCC)OCCCC. The minimum atomic E-state index is -3.80. The first-order valence-corrected chi connectivity index (χ1v) is 9.88. The van der Waals surface area contributed by atoms with Gasteiger partial charge in [0.25, 0.3) is 11.4 Å². The third-order valence-electron chi connectivity index (χ3n) is 2.97. The second-order valence-corrected chi connectivity index (χ2v) is 7.01. The van der Waals surface area contributed by atoms with Crippen LogP contribution in [0.5, 0.6) is 0 Å². The Morgan fingerprint density at radius 3 is 1.96 bits per heavy atom. The lowest BCUT2D eigenvalue weighted by Gasteiger charge is -2.19. The molecule has 0 saturated heterocycles. The van der Waals surface area contributed by atoms with Gasteiger partial charge in [0, 0.05) is 6.54 Å². The maximum atomic E-state index is 13.0. The molecule has 0 rings (SSSR count). The van der Waals surface area contributed by atoms with Crippen LogP contribution < -0.4 is 5.32 Å². The Balaban J connectivity index is 5.09. The molecule has 0 aromatic carbocycles. The second kappa shape index (κ2) is 13.5. The van der Waals surface area contributed by atoms with Crippen LogP contribution >= 0.6 is 7.60 Å². The van der Waals surface area contributed by atoms with Crippen molar-refractivity contribution in [1.82, 2.24) is 5.32 Å². The lowest BCUT2D eigenvalue weighted by atomic mass is 10.3. The number of unbranched alkanes of at least 4 members (excludes halogenated alkanes) is 3. The number of nitrogens with one attached hydrogen (secondary N) is 1. The molecule has 23 heavy (non-hydrogen) atoms. The molecular weight excluding hydrogens is 319 g/mol. The summed E-state index contributed by atoms with van der Waals surface area (Å²) in [5, 5.41) is 6.30. The molecular formula is C15H31N2O5P. The summed E-state index contributed by atoms with van der Waals surface area (Å²) in [7, 11) is -2.50. The fraction of sp³-hybridized carbons (Fsp3) is 0.867. The molecule has 1 N–H and O–H groups in total. The Morgan fingerprint density at radius 2 is 1.52 bits per heavy atom. The van der Waals surface area contributed by atoms with Gasteiger partial charge in [-0.1, -0.05) is 45.2 Å². The first-order valence-electron chi connectivity index (χ1n) is 8.34. The van der Waals surface area contributed by atoms with Crippen LogP contribution in [0.4, 0.5) is 0 Å². The molecule has 0 heterocycles. The van der Waals surface area contributed by atoms with Gasteiger partial charge in [-0.15, -0.1) is 0 Å². The molecule has 0 aliphatic heterocycles. The molecule has 0 fully saturated rings. The highest BCUT2D eigenvalue weighted by molar-refractivity contribution is 7.75. The Labute approximate surface area is 139 Å². The normalized spacial score (nSPS) is 12.3. The number of carbonyl (C=O) groups is 1. The predicted octanol–water partition coefficient (Wildman–Crippen LogP) is 3.69. The summed E-state index contributed by atoms with van der Waals surface area (Å²) < 4.78 is 23.9. The predicted molar refractivity (Wildman–Crippen MR) is 91.7 cm³/mol. The average Bonchev–Trinajstić information content (AvgIpc) is 2.53. The quantitative estimate of drug-likeness (QED) is 0.223. The van der Waals surface area contributed by atoms with Crippen molar-refractivity contribution in [3.63, 3.8) is 0 Å². The molecule has 0 aliphatic rings. The monoisotopic (exact) mass is 350 g/mol. The van der Waals surface area contributed by atoms with Gasteiger partial charge in [-0.05, 0) is 19.3 Å². The number of oxime groups is 1. The Bertz CT molecular complexity index is 387. The third-order valence-corrected chi connectivity index (χ3v) is 4.82. The van der Waals surface area contributed by atoms with E-state index in [1.54, 1.807) is 0 Å². The van der Waals surface area contributed by atoms with Gasteiger partial charge in [0.1, 0.15) is 7.11 Å². The van der Waals surface area contributed by atoms with Crippen molar-refractivity contribution in [2.45, 2.75) is 59.3 Å². The zero-order valence-electron chi connectivity index (χ0n) is 14.8. The Hall–Kier alpha value is -0.910. The van der Waals surface area contributed by atoms with E-state index in [0.29, 0.717) is 6.54 Å². The lowest BCUT2D eigenvalue weighted by molar-refractivity contribution is -0.114. The summed E-state index contributed by atoms with van der Waals surface area (Å²) in [5.41, 5.74) is -0.316. The van der Waals surface area contributed by atoms with E-state index in [9.17, 15) is 9.36 Å². The highest BCUT2D eigenvalue weighted by Gasteiger charge is 2.38. The highest BCUT2D eigenvalue weighted by atomic mass is 31.2. The van der Waals surface area contributed by atoms with Crippen molar-refractivity contribution in [3.05, 3.63) is 0 Å². The molecule has 8 heteroatoms. The first-order chi connectivity index (χ1) is 11.1. The van der Waals surface area contributed by atoms with E-state index in [1.807, 2.05) is 20.8 Å². The van der Waals surface area contributed by atoms with Gasteiger partial charge >= 0.3 is 7.60 Å². The van der Waals surface area contributed by atoms with Gasteiger partial charge in [-0.3, -0.25) is 9.36 Å². The van der Waals surface area contributed by atoms with Gasteiger partial charge in [0.15, 0.2) is 0 Å². The molecule has 0 unspecified atom stereocenters. The smallest absolute Gasteiger partial charge is 0.388 e. The fourth-order valence-corrected chi connectivity index (χ4v) is 3.15. The maximum Gasteiger partial charge on any atom is 0.388 e. The summed E-state index contributed by atoms with van der Waals surface area (Å²) >= 11 is 0. The van der Waals surface area contributed by atoms with Crippen LogP contribution in [0.25, 0.3) is 0 Å². The summed E-state index contributed by atoms with van der Waals surface area (Å²) in [6.07, 6.45) is 4.97. The number of rotatable bonds is 14. The Kier molecular flexibility index (Phi) is 13.0. The van der Waals surface area contributed by atoms with Crippen molar-refractivity contribution < 1.29 is 23.2 Å². The molecule has 0 bridgehead atoms. The van der Waals surface area contributed by atoms with Crippen molar-refractivity contribution in [2.75, 3.05) is 26.9 Å². The number of amides is 1. The van der Waals surface area contributed by atoms with Gasteiger partial charge < -0.3 is 19.2 Å².